The maximum absolute atomic E-state index is 12.6. The van der Waals surface area contributed by atoms with Crippen LogP contribution in [0.2, 0.25) is 0 Å². The Hall–Kier alpha value is -0.920. The number of nitrogens with zero attached hydrogens (tertiary/aromatic N) is 1. The van der Waals surface area contributed by atoms with Crippen LogP contribution in [-0.4, -0.2) is 31.8 Å². The van der Waals surface area contributed by atoms with Crippen LogP contribution in [0.4, 0.5) is 0 Å². The van der Waals surface area contributed by atoms with E-state index in [1.54, 1.807) is 11.0 Å². The summed E-state index contributed by atoms with van der Waals surface area (Å²) in [5.41, 5.74) is 0.338. The third kappa shape index (κ3) is 3.21. The highest BCUT2D eigenvalue weighted by molar-refractivity contribution is 9.10. The van der Waals surface area contributed by atoms with Gasteiger partial charge in [0.05, 0.1) is 10.5 Å². The first-order valence-electron chi connectivity index (χ1n) is 6.44. The monoisotopic (exact) mass is 360 g/mol. The molecule has 1 aliphatic rings. The lowest BCUT2D eigenvalue weighted by Gasteiger charge is -2.33. The molecule has 1 aliphatic heterocycles. The summed E-state index contributed by atoms with van der Waals surface area (Å²) in [6.45, 7) is 2.71. The molecule has 2 rings (SSSR count). The number of primary sulfonamides is 1. The van der Waals surface area contributed by atoms with Gasteiger partial charge in [0.2, 0.25) is 10.0 Å². The first-order valence-corrected chi connectivity index (χ1v) is 8.78. The molecule has 0 aliphatic carbocycles. The van der Waals surface area contributed by atoms with Gasteiger partial charge >= 0.3 is 0 Å². The van der Waals surface area contributed by atoms with E-state index in [1.165, 1.54) is 12.1 Å². The summed E-state index contributed by atoms with van der Waals surface area (Å²) in [6.07, 6.45) is 3.06. The second-order valence-corrected chi connectivity index (χ2v) is 7.45. The van der Waals surface area contributed by atoms with Gasteiger partial charge in [0.25, 0.3) is 5.91 Å². The van der Waals surface area contributed by atoms with Crippen LogP contribution in [0, 0.1) is 0 Å². The van der Waals surface area contributed by atoms with Crippen molar-refractivity contribution in [3.63, 3.8) is 0 Å². The first-order chi connectivity index (χ1) is 9.30. The van der Waals surface area contributed by atoms with E-state index in [4.69, 9.17) is 5.14 Å². The highest BCUT2D eigenvalue weighted by atomic mass is 79.9. The fourth-order valence-electron chi connectivity index (χ4n) is 2.40. The van der Waals surface area contributed by atoms with Crippen LogP contribution in [0.15, 0.2) is 27.6 Å². The Bertz CT molecular complexity index is 631. The first kappa shape index (κ1) is 15.5. The van der Waals surface area contributed by atoms with Crippen LogP contribution in [0.5, 0.6) is 0 Å². The molecule has 1 saturated heterocycles. The molecule has 1 aromatic rings. The number of sulfonamides is 1. The Kier molecular flexibility index (Phi) is 4.51. The van der Waals surface area contributed by atoms with Gasteiger partial charge in [-0.3, -0.25) is 4.79 Å². The molecule has 1 fully saturated rings. The number of nitrogens with two attached hydrogens (primary N) is 1. The second-order valence-electron chi connectivity index (χ2n) is 5.03. The van der Waals surface area contributed by atoms with Gasteiger partial charge in [-0.05, 0) is 60.3 Å². The third-order valence-electron chi connectivity index (χ3n) is 3.56. The number of hydrogen-bond donors (Lipinski definition) is 1. The van der Waals surface area contributed by atoms with E-state index in [1.807, 2.05) is 6.92 Å². The van der Waals surface area contributed by atoms with E-state index in [-0.39, 0.29) is 16.8 Å². The van der Waals surface area contributed by atoms with Crippen LogP contribution >= 0.6 is 15.9 Å². The standard InChI is InChI=1S/C13H17BrN2O3S/c1-9-4-2-3-7-16(9)13(17)11-8-10(20(15,18)19)5-6-12(11)14/h5-6,8-9H,2-4,7H2,1H3,(H2,15,18,19). The smallest absolute Gasteiger partial charge is 0.255 e. The summed E-state index contributed by atoms with van der Waals surface area (Å²) in [6, 6.07) is 4.43. The number of likely N-dealkylation sites (tertiary alicyclic amines) is 1. The number of hydrogen-bond acceptors (Lipinski definition) is 3. The van der Waals surface area contributed by atoms with Gasteiger partial charge in [0.15, 0.2) is 0 Å². The Morgan fingerprint density at radius 1 is 1.40 bits per heavy atom. The quantitative estimate of drug-likeness (QED) is 0.876. The molecule has 0 bridgehead atoms. The predicted octanol–water partition coefficient (Wildman–Crippen LogP) is 2.11. The Balaban J connectivity index is 2.38. The van der Waals surface area contributed by atoms with Crippen molar-refractivity contribution in [2.75, 3.05) is 6.54 Å². The molecular formula is C13H17BrN2O3S. The fraction of sp³-hybridized carbons (Fsp3) is 0.462. The van der Waals surface area contributed by atoms with Crippen molar-refractivity contribution in [2.45, 2.75) is 37.1 Å². The maximum atomic E-state index is 12.6. The Labute approximate surface area is 127 Å². The lowest BCUT2D eigenvalue weighted by atomic mass is 10.0. The van der Waals surface area contributed by atoms with Gasteiger partial charge in [-0.25, -0.2) is 13.6 Å². The topological polar surface area (TPSA) is 80.5 Å². The van der Waals surface area contributed by atoms with Gasteiger partial charge in [-0.1, -0.05) is 0 Å². The average molecular weight is 361 g/mol. The summed E-state index contributed by atoms with van der Waals surface area (Å²) < 4.78 is 23.4. The number of halogens is 1. The zero-order valence-electron chi connectivity index (χ0n) is 11.2. The van der Waals surface area contributed by atoms with Gasteiger partial charge in [-0.15, -0.1) is 0 Å². The van der Waals surface area contributed by atoms with Crippen LogP contribution in [0.1, 0.15) is 36.5 Å². The SMILES string of the molecule is CC1CCCCN1C(=O)c1cc(S(N)(=O)=O)ccc1Br. The van der Waals surface area contributed by atoms with E-state index in [9.17, 15) is 13.2 Å². The van der Waals surface area contributed by atoms with Crippen molar-refractivity contribution in [3.8, 4) is 0 Å². The van der Waals surface area contributed by atoms with E-state index in [2.05, 4.69) is 15.9 Å². The highest BCUT2D eigenvalue weighted by Crippen LogP contribution is 2.25. The molecular weight excluding hydrogens is 344 g/mol. The van der Waals surface area contributed by atoms with Crippen LogP contribution in [0.3, 0.4) is 0 Å². The summed E-state index contributed by atoms with van der Waals surface area (Å²) in [5, 5.41) is 5.11. The van der Waals surface area contributed by atoms with Crippen molar-refractivity contribution >= 4 is 31.9 Å². The molecule has 1 amide bonds. The molecule has 0 spiro atoms. The molecule has 1 atom stereocenters. The van der Waals surface area contributed by atoms with Crippen molar-refractivity contribution in [1.29, 1.82) is 0 Å². The average Bonchev–Trinajstić information content (AvgIpc) is 2.37. The molecule has 5 nitrogen and oxygen atoms in total. The van der Waals surface area contributed by atoms with Gasteiger partial charge < -0.3 is 4.90 Å². The third-order valence-corrected chi connectivity index (χ3v) is 5.16. The normalized spacial score (nSPS) is 19.9. The summed E-state index contributed by atoms with van der Waals surface area (Å²) in [4.78, 5) is 14.3. The molecule has 7 heteroatoms. The minimum Gasteiger partial charge on any atom is -0.336 e. The molecule has 20 heavy (non-hydrogen) atoms. The molecule has 1 heterocycles. The van der Waals surface area contributed by atoms with Crippen molar-refractivity contribution in [3.05, 3.63) is 28.2 Å². The zero-order valence-corrected chi connectivity index (χ0v) is 13.6. The number of amides is 1. The molecule has 0 radical (unpaired) electrons. The number of carbonyl (C=O) groups excluding carboxylic acids is 1. The number of piperidine rings is 1. The van der Waals surface area contributed by atoms with Crippen molar-refractivity contribution in [1.82, 2.24) is 4.90 Å². The molecule has 2 N–H and O–H groups in total. The lowest BCUT2D eigenvalue weighted by Crippen LogP contribution is -2.42. The summed E-state index contributed by atoms with van der Waals surface area (Å²) in [5.74, 6) is -0.158. The van der Waals surface area contributed by atoms with E-state index in [0.29, 0.717) is 16.6 Å². The van der Waals surface area contributed by atoms with Gasteiger partial charge in [-0.2, -0.15) is 0 Å². The molecule has 110 valence electrons. The number of rotatable bonds is 2. The summed E-state index contributed by atoms with van der Waals surface area (Å²) >= 11 is 3.30. The molecule has 1 aromatic carbocycles. The Morgan fingerprint density at radius 3 is 2.70 bits per heavy atom. The molecule has 0 aromatic heterocycles. The van der Waals surface area contributed by atoms with Crippen LogP contribution in [-0.2, 0) is 10.0 Å². The lowest BCUT2D eigenvalue weighted by molar-refractivity contribution is 0.0634. The zero-order chi connectivity index (χ0) is 14.9. The van der Waals surface area contributed by atoms with Crippen molar-refractivity contribution < 1.29 is 13.2 Å². The van der Waals surface area contributed by atoms with E-state index < -0.39 is 10.0 Å². The minimum atomic E-state index is -3.81. The van der Waals surface area contributed by atoms with E-state index in [0.717, 1.165) is 19.3 Å². The van der Waals surface area contributed by atoms with Crippen LogP contribution < -0.4 is 5.14 Å². The molecule has 1 unspecified atom stereocenters. The summed E-state index contributed by atoms with van der Waals surface area (Å²) in [7, 11) is -3.81. The number of carbonyl (C=O) groups is 1. The largest absolute Gasteiger partial charge is 0.336 e. The second kappa shape index (κ2) is 5.83. The van der Waals surface area contributed by atoms with Gasteiger partial charge in [0.1, 0.15) is 0 Å². The maximum Gasteiger partial charge on any atom is 0.255 e. The molecule has 0 saturated carbocycles. The van der Waals surface area contributed by atoms with Gasteiger partial charge in [0, 0.05) is 17.1 Å². The van der Waals surface area contributed by atoms with Crippen molar-refractivity contribution in [2.24, 2.45) is 5.14 Å². The van der Waals surface area contributed by atoms with Crippen LogP contribution in [0.25, 0.3) is 0 Å². The Morgan fingerprint density at radius 2 is 2.10 bits per heavy atom. The minimum absolute atomic E-state index is 0.0475. The highest BCUT2D eigenvalue weighted by Gasteiger charge is 2.26. The predicted molar refractivity (Wildman–Crippen MR) is 79.9 cm³/mol. The van der Waals surface area contributed by atoms with E-state index >= 15 is 0 Å². The fourth-order valence-corrected chi connectivity index (χ4v) is 3.36. The number of benzene rings is 1.